The van der Waals surface area contributed by atoms with E-state index in [-0.39, 0.29) is 18.6 Å². The zero-order valence-corrected chi connectivity index (χ0v) is 14.2. The van der Waals surface area contributed by atoms with Gasteiger partial charge in [-0.15, -0.1) is 0 Å². The van der Waals surface area contributed by atoms with Crippen LogP contribution < -0.4 is 10.6 Å². The third kappa shape index (κ3) is 5.66. The van der Waals surface area contributed by atoms with Crippen LogP contribution in [-0.4, -0.2) is 28.6 Å². The number of carbonyl (C=O) groups is 1. The molecule has 5 nitrogen and oxygen atoms in total. The van der Waals surface area contributed by atoms with Gasteiger partial charge in [-0.3, -0.25) is 4.79 Å². The highest BCUT2D eigenvalue weighted by molar-refractivity contribution is 5.90. The number of amides is 1. The molecule has 0 aliphatic rings. The summed E-state index contributed by atoms with van der Waals surface area (Å²) in [6.07, 6.45) is 3.59. The van der Waals surface area contributed by atoms with E-state index in [1.165, 1.54) is 5.56 Å². The molecule has 0 fully saturated rings. The van der Waals surface area contributed by atoms with Gasteiger partial charge in [-0.05, 0) is 37.5 Å². The summed E-state index contributed by atoms with van der Waals surface area (Å²) in [4.78, 5) is 16.3. The minimum absolute atomic E-state index is 0.00699. The van der Waals surface area contributed by atoms with Gasteiger partial charge < -0.3 is 15.7 Å². The van der Waals surface area contributed by atoms with Crippen LogP contribution in [0.5, 0.6) is 0 Å². The van der Waals surface area contributed by atoms with Crippen LogP contribution in [0.25, 0.3) is 0 Å². The van der Waals surface area contributed by atoms with Gasteiger partial charge >= 0.3 is 0 Å². The van der Waals surface area contributed by atoms with Gasteiger partial charge in [-0.25, -0.2) is 4.98 Å². The second-order valence-corrected chi connectivity index (χ2v) is 5.90. The summed E-state index contributed by atoms with van der Waals surface area (Å²) < 4.78 is 0. The van der Waals surface area contributed by atoms with Crippen molar-refractivity contribution in [1.29, 1.82) is 0 Å². The van der Waals surface area contributed by atoms with Gasteiger partial charge in [-0.1, -0.05) is 36.8 Å². The maximum absolute atomic E-state index is 12.0. The zero-order chi connectivity index (χ0) is 17.4. The first-order valence-corrected chi connectivity index (χ1v) is 8.29. The van der Waals surface area contributed by atoms with Crippen LogP contribution in [-0.2, 0) is 11.2 Å². The molecule has 0 aliphatic carbocycles. The Morgan fingerprint density at radius 2 is 1.96 bits per heavy atom. The van der Waals surface area contributed by atoms with Crippen LogP contribution >= 0.6 is 0 Å². The van der Waals surface area contributed by atoms with Gasteiger partial charge in [0.15, 0.2) is 0 Å². The Morgan fingerprint density at radius 3 is 2.54 bits per heavy atom. The first-order valence-electron chi connectivity index (χ1n) is 8.29. The average Bonchev–Trinajstić information content (AvgIpc) is 2.60. The fraction of sp³-hybridized carbons (Fsp3) is 0.368. The molecule has 24 heavy (non-hydrogen) atoms. The number of aromatic nitrogens is 1. The number of aryl methyl sites for hydroxylation is 2. The smallest absolute Gasteiger partial charge is 0.224 e. The highest BCUT2D eigenvalue weighted by Gasteiger charge is 2.06. The number of benzene rings is 1. The first-order chi connectivity index (χ1) is 11.6. The molecule has 5 heteroatoms. The van der Waals surface area contributed by atoms with Gasteiger partial charge in [0.2, 0.25) is 5.91 Å². The van der Waals surface area contributed by atoms with E-state index in [2.05, 4.69) is 39.9 Å². The lowest BCUT2D eigenvalue weighted by atomic mass is 10.1. The Bertz CT molecular complexity index is 635. The largest absolute Gasteiger partial charge is 0.394 e. The van der Waals surface area contributed by atoms with E-state index in [0.717, 1.165) is 12.0 Å². The average molecular weight is 327 g/mol. The van der Waals surface area contributed by atoms with E-state index in [4.69, 9.17) is 0 Å². The Kier molecular flexibility index (Phi) is 6.75. The lowest BCUT2D eigenvalue weighted by Gasteiger charge is -2.14. The summed E-state index contributed by atoms with van der Waals surface area (Å²) in [5, 5.41) is 15.2. The van der Waals surface area contributed by atoms with Crippen molar-refractivity contribution in [2.45, 2.75) is 39.2 Å². The number of nitrogens with zero attached hydrogens (tertiary/aromatic N) is 1. The molecule has 0 radical (unpaired) electrons. The number of pyridine rings is 1. The Balaban J connectivity index is 1.82. The molecule has 1 unspecified atom stereocenters. The second-order valence-electron chi connectivity index (χ2n) is 5.90. The van der Waals surface area contributed by atoms with Crippen molar-refractivity contribution >= 4 is 17.4 Å². The molecule has 1 atom stereocenters. The summed E-state index contributed by atoms with van der Waals surface area (Å²) in [5.41, 5.74) is 3.05. The molecule has 2 aromatic rings. The molecule has 0 saturated carbocycles. The first kappa shape index (κ1) is 17.9. The standard InChI is InChI=1S/C19H25N3O2/c1-3-16(13-23)21-18-10-9-17(12-20-18)22-19(24)11-8-15-6-4-14(2)5-7-15/h4-7,9-10,12,16,23H,3,8,11,13H2,1-2H3,(H,20,21)(H,22,24). The summed E-state index contributed by atoms with van der Waals surface area (Å²) in [6, 6.07) is 11.8. The summed E-state index contributed by atoms with van der Waals surface area (Å²) >= 11 is 0. The van der Waals surface area contributed by atoms with Crippen molar-refractivity contribution < 1.29 is 9.90 Å². The second kappa shape index (κ2) is 9.03. The van der Waals surface area contributed by atoms with E-state index in [9.17, 15) is 9.90 Å². The van der Waals surface area contributed by atoms with E-state index in [1.807, 2.05) is 19.9 Å². The number of aliphatic hydroxyl groups is 1. The molecule has 128 valence electrons. The minimum atomic E-state index is -0.0279. The fourth-order valence-corrected chi connectivity index (χ4v) is 2.28. The maximum atomic E-state index is 12.0. The molecule has 3 N–H and O–H groups in total. The molecular formula is C19H25N3O2. The fourth-order valence-electron chi connectivity index (χ4n) is 2.28. The lowest BCUT2D eigenvalue weighted by Crippen LogP contribution is -2.23. The Morgan fingerprint density at radius 1 is 1.21 bits per heavy atom. The molecule has 1 amide bonds. The van der Waals surface area contributed by atoms with E-state index >= 15 is 0 Å². The van der Waals surface area contributed by atoms with Crippen molar-refractivity contribution in [3.63, 3.8) is 0 Å². The molecule has 1 aromatic carbocycles. The van der Waals surface area contributed by atoms with Gasteiger partial charge in [0.05, 0.1) is 24.5 Å². The maximum Gasteiger partial charge on any atom is 0.224 e. The summed E-state index contributed by atoms with van der Waals surface area (Å²) in [6.45, 7) is 4.11. The zero-order valence-electron chi connectivity index (χ0n) is 14.2. The number of rotatable bonds is 8. The van der Waals surface area contributed by atoms with Crippen molar-refractivity contribution in [2.75, 3.05) is 17.2 Å². The molecular weight excluding hydrogens is 302 g/mol. The van der Waals surface area contributed by atoms with Crippen molar-refractivity contribution in [3.05, 3.63) is 53.7 Å². The third-order valence-corrected chi connectivity index (χ3v) is 3.87. The number of hydrogen-bond donors (Lipinski definition) is 3. The van der Waals surface area contributed by atoms with Gasteiger partial charge in [-0.2, -0.15) is 0 Å². The van der Waals surface area contributed by atoms with Gasteiger partial charge in [0, 0.05) is 6.42 Å². The van der Waals surface area contributed by atoms with Crippen LogP contribution in [0.3, 0.4) is 0 Å². The Labute approximate surface area is 143 Å². The molecule has 1 aromatic heterocycles. The highest BCUT2D eigenvalue weighted by Crippen LogP contribution is 2.12. The monoisotopic (exact) mass is 327 g/mol. The number of carbonyl (C=O) groups excluding carboxylic acids is 1. The summed E-state index contributed by atoms with van der Waals surface area (Å²) in [7, 11) is 0. The van der Waals surface area contributed by atoms with Gasteiger partial charge in [0.25, 0.3) is 0 Å². The molecule has 0 saturated heterocycles. The number of hydrogen-bond acceptors (Lipinski definition) is 4. The van der Waals surface area contributed by atoms with E-state index < -0.39 is 0 Å². The summed E-state index contributed by atoms with van der Waals surface area (Å²) in [5.74, 6) is 0.661. The molecule has 1 heterocycles. The van der Waals surface area contributed by atoms with Crippen molar-refractivity contribution in [2.24, 2.45) is 0 Å². The normalized spacial score (nSPS) is 11.8. The predicted molar refractivity (Wildman–Crippen MR) is 97.2 cm³/mol. The van der Waals surface area contributed by atoms with Gasteiger partial charge in [0.1, 0.15) is 5.82 Å². The number of aliphatic hydroxyl groups excluding tert-OH is 1. The molecule has 0 spiro atoms. The van der Waals surface area contributed by atoms with E-state index in [0.29, 0.717) is 24.3 Å². The third-order valence-electron chi connectivity index (χ3n) is 3.87. The van der Waals surface area contributed by atoms with E-state index in [1.54, 1.807) is 12.3 Å². The van der Waals surface area contributed by atoms with Crippen molar-refractivity contribution in [1.82, 2.24) is 4.98 Å². The number of nitrogens with one attached hydrogen (secondary N) is 2. The number of anilines is 2. The van der Waals surface area contributed by atoms with Crippen LogP contribution in [0.2, 0.25) is 0 Å². The predicted octanol–water partition coefficient (Wildman–Crippen LogP) is 3.14. The molecule has 0 bridgehead atoms. The molecule has 0 aliphatic heterocycles. The topological polar surface area (TPSA) is 74.2 Å². The van der Waals surface area contributed by atoms with Crippen LogP contribution in [0, 0.1) is 6.92 Å². The van der Waals surface area contributed by atoms with Crippen molar-refractivity contribution in [3.8, 4) is 0 Å². The lowest BCUT2D eigenvalue weighted by molar-refractivity contribution is -0.116. The Hall–Kier alpha value is -2.40. The minimum Gasteiger partial charge on any atom is -0.394 e. The van der Waals surface area contributed by atoms with Crippen LogP contribution in [0.4, 0.5) is 11.5 Å². The van der Waals surface area contributed by atoms with Crippen LogP contribution in [0.15, 0.2) is 42.6 Å². The SMILES string of the molecule is CCC(CO)Nc1ccc(NC(=O)CCc2ccc(C)cc2)cn1. The molecule has 2 rings (SSSR count). The quantitative estimate of drug-likeness (QED) is 0.696. The van der Waals surface area contributed by atoms with Crippen LogP contribution in [0.1, 0.15) is 30.9 Å². The highest BCUT2D eigenvalue weighted by atomic mass is 16.3.